The van der Waals surface area contributed by atoms with E-state index < -0.39 is 23.6 Å². The molecule has 11 nitrogen and oxygen atoms in total. The highest BCUT2D eigenvalue weighted by Crippen LogP contribution is 2.29. The molecule has 3 saturated heterocycles. The third kappa shape index (κ3) is 9.01. The van der Waals surface area contributed by atoms with Crippen molar-refractivity contribution in [1.29, 1.82) is 0 Å². The molecule has 3 aromatic carbocycles. The van der Waals surface area contributed by atoms with E-state index in [4.69, 9.17) is 0 Å². The molecule has 53 heavy (non-hydrogen) atoms. The number of rotatable bonds is 15. The summed E-state index contributed by atoms with van der Waals surface area (Å²) >= 11 is 0. The van der Waals surface area contributed by atoms with E-state index in [0.717, 1.165) is 55.3 Å². The molecular weight excluding hydrogens is 670 g/mol. The van der Waals surface area contributed by atoms with Crippen molar-refractivity contribution in [1.82, 2.24) is 24.9 Å². The van der Waals surface area contributed by atoms with E-state index in [1.165, 1.54) is 0 Å². The Kier molecular flexibility index (Phi) is 12.3. The molecule has 3 aliphatic heterocycles. The van der Waals surface area contributed by atoms with Crippen molar-refractivity contribution in [2.45, 2.75) is 88.9 Å². The van der Waals surface area contributed by atoms with Crippen molar-refractivity contribution >= 4 is 23.6 Å². The molecule has 1 unspecified atom stereocenters. The Hall–Kier alpha value is -4.90. The molecule has 0 spiro atoms. The van der Waals surface area contributed by atoms with Gasteiger partial charge in [-0.2, -0.15) is 0 Å². The maximum atomic E-state index is 14.4. The minimum Gasteiger partial charge on any atom is -0.508 e. The van der Waals surface area contributed by atoms with E-state index in [-0.39, 0.29) is 41.6 Å². The number of carbonyl (C=O) groups is 4. The smallest absolute Gasteiger partial charge is 0.312 e. The van der Waals surface area contributed by atoms with Crippen molar-refractivity contribution < 1.29 is 29.4 Å². The lowest BCUT2D eigenvalue weighted by atomic mass is 9.92. The lowest BCUT2D eigenvalue weighted by Gasteiger charge is -2.46. The normalized spacial score (nSPS) is 22.3. The second-order valence-corrected chi connectivity index (χ2v) is 14.9. The number of phenols is 2. The highest BCUT2D eigenvalue weighted by molar-refractivity contribution is 6.36. The number of nitrogens with zero attached hydrogens (tertiary/aromatic N) is 4. The van der Waals surface area contributed by atoms with E-state index in [1.807, 2.05) is 42.5 Å². The molecule has 0 aliphatic carbocycles. The Bertz CT molecular complexity index is 1720. The van der Waals surface area contributed by atoms with Gasteiger partial charge in [-0.25, -0.2) is 0 Å². The van der Waals surface area contributed by atoms with Gasteiger partial charge in [0.05, 0.1) is 6.04 Å². The first-order valence-corrected chi connectivity index (χ1v) is 19.2. The average Bonchev–Trinajstić information content (AvgIpc) is 3.60. The zero-order valence-corrected chi connectivity index (χ0v) is 30.9. The van der Waals surface area contributed by atoms with Crippen LogP contribution in [0.5, 0.6) is 11.5 Å². The first-order chi connectivity index (χ1) is 25.6. The summed E-state index contributed by atoms with van der Waals surface area (Å²) in [6.07, 6.45) is 5.26. The Morgan fingerprint density at radius 1 is 0.755 bits per heavy atom. The number of piperazine rings is 2. The summed E-state index contributed by atoms with van der Waals surface area (Å²) in [6, 6.07) is 23.4. The monoisotopic (exact) mass is 723 g/mol. The number of likely N-dealkylation sites (tertiary alicyclic amines) is 1. The Morgan fingerprint density at radius 3 is 2.09 bits per heavy atom. The molecule has 0 saturated carbocycles. The predicted molar refractivity (Wildman–Crippen MR) is 202 cm³/mol. The first-order valence-electron chi connectivity index (χ1n) is 19.2. The molecule has 282 valence electrons. The minimum absolute atomic E-state index is 0.00240. The molecule has 4 amide bonds. The zero-order chi connectivity index (χ0) is 37.5. The number of amides is 4. The number of benzene rings is 3. The number of hydrogen-bond donors (Lipinski definition) is 3. The van der Waals surface area contributed by atoms with Crippen LogP contribution in [0.4, 0.5) is 0 Å². The van der Waals surface area contributed by atoms with Crippen LogP contribution >= 0.6 is 0 Å². The van der Waals surface area contributed by atoms with E-state index in [2.05, 4.69) is 36.2 Å². The molecule has 0 aromatic heterocycles. The number of phenolic OH excluding ortho intramolecular Hbond substituents is 2. The molecular formula is C42H53N5O6. The lowest BCUT2D eigenvalue weighted by Crippen LogP contribution is -2.65. The van der Waals surface area contributed by atoms with E-state index in [0.29, 0.717) is 45.6 Å². The molecule has 0 radical (unpaired) electrons. The largest absolute Gasteiger partial charge is 0.508 e. The Morgan fingerprint density at radius 2 is 1.43 bits per heavy atom. The maximum Gasteiger partial charge on any atom is 0.312 e. The quantitative estimate of drug-likeness (QED) is 0.202. The number of aromatic hydroxyl groups is 2. The highest BCUT2D eigenvalue weighted by atomic mass is 16.3. The van der Waals surface area contributed by atoms with E-state index in [9.17, 15) is 29.4 Å². The lowest BCUT2D eigenvalue weighted by molar-refractivity contribution is -0.161. The van der Waals surface area contributed by atoms with Gasteiger partial charge < -0.3 is 30.2 Å². The molecule has 3 fully saturated rings. The second-order valence-electron chi connectivity index (χ2n) is 14.9. The summed E-state index contributed by atoms with van der Waals surface area (Å²) in [4.78, 5) is 61.9. The fourth-order valence-corrected chi connectivity index (χ4v) is 8.41. The van der Waals surface area contributed by atoms with E-state index in [1.54, 1.807) is 39.0 Å². The van der Waals surface area contributed by atoms with Gasteiger partial charge in [-0.3, -0.25) is 24.1 Å². The maximum absolute atomic E-state index is 14.4. The predicted octanol–water partition coefficient (Wildman–Crippen LogP) is 4.08. The number of nitrogens with one attached hydrogen (secondary N) is 1. The Labute approximate surface area is 312 Å². The van der Waals surface area contributed by atoms with Gasteiger partial charge in [0.15, 0.2) is 0 Å². The summed E-state index contributed by atoms with van der Waals surface area (Å²) < 4.78 is 0. The van der Waals surface area contributed by atoms with Crippen LogP contribution < -0.4 is 5.32 Å². The second kappa shape index (κ2) is 17.3. The topological polar surface area (TPSA) is 134 Å². The van der Waals surface area contributed by atoms with Gasteiger partial charge in [0, 0.05) is 56.8 Å². The van der Waals surface area contributed by atoms with Crippen LogP contribution in [0, 0.1) is 0 Å². The molecule has 3 heterocycles. The first kappa shape index (κ1) is 37.8. The highest BCUT2D eigenvalue weighted by Gasteiger charge is 2.44. The molecule has 0 bridgehead atoms. The van der Waals surface area contributed by atoms with Crippen LogP contribution in [0.1, 0.15) is 68.6 Å². The summed E-state index contributed by atoms with van der Waals surface area (Å²) in [5.41, 5.74) is 3.01. The summed E-state index contributed by atoms with van der Waals surface area (Å²) in [5.74, 6) is -1.73. The van der Waals surface area contributed by atoms with Crippen LogP contribution in [0.25, 0.3) is 0 Å². The van der Waals surface area contributed by atoms with E-state index >= 15 is 0 Å². The molecule has 3 aromatic rings. The van der Waals surface area contributed by atoms with Gasteiger partial charge >= 0.3 is 23.6 Å². The number of carbonyl (C=O) groups excluding carboxylic acids is 4. The van der Waals surface area contributed by atoms with Gasteiger partial charge in [0.25, 0.3) is 0 Å². The molecule has 5 atom stereocenters. The third-order valence-corrected chi connectivity index (χ3v) is 11.4. The summed E-state index contributed by atoms with van der Waals surface area (Å²) in [7, 11) is 0. The van der Waals surface area contributed by atoms with Crippen LogP contribution in [-0.4, -0.2) is 117 Å². The van der Waals surface area contributed by atoms with Gasteiger partial charge in [0.2, 0.25) is 0 Å². The molecule has 6 rings (SSSR count). The van der Waals surface area contributed by atoms with Crippen LogP contribution in [0.15, 0.2) is 78.9 Å². The van der Waals surface area contributed by atoms with Crippen molar-refractivity contribution in [3.8, 4) is 11.5 Å². The van der Waals surface area contributed by atoms with Gasteiger partial charge in [0.1, 0.15) is 11.5 Å². The van der Waals surface area contributed by atoms with Crippen LogP contribution in [0.3, 0.4) is 0 Å². The van der Waals surface area contributed by atoms with Crippen molar-refractivity contribution in [2.75, 3.05) is 39.3 Å². The SMILES string of the molecule is CCC[C@@H]1CNC(=O)C(=O)N1C[C@@H]1CCCN1C[C@H](Cc1ccc(O)cc1)N1C[C@H](Cc2ccc(O)cc2)N(CC(CC)c2ccccc2)C(=O)C1=O. The van der Waals surface area contributed by atoms with Gasteiger partial charge in [-0.1, -0.05) is 74.9 Å². The summed E-state index contributed by atoms with van der Waals surface area (Å²) in [6.45, 7) is 7.07. The summed E-state index contributed by atoms with van der Waals surface area (Å²) in [5, 5.41) is 22.8. The van der Waals surface area contributed by atoms with Crippen LogP contribution in [0.2, 0.25) is 0 Å². The average molecular weight is 724 g/mol. The van der Waals surface area contributed by atoms with Gasteiger partial charge in [-0.15, -0.1) is 0 Å². The van der Waals surface area contributed by atoms with Gasteiger partial charge in [-0.05, 0) is 86.0 Å². The molecule has 11 heteroatoms. The molecule has 3 aliphatic rings. The molecule has 3 N–H and O–H groups in total. The minimum atomic E-state index is -0.564. The van der Waals surface area contributed by atoms with Crippen molar-refractivity contribution in [2.24, 2.45) is 0 Å². The van der Waals surface area contributed by atoms with Crippen molar-refractivity contribution in [3.63, 3.8) is 0 Å². The fourth-order valence-electron chi connectivity index (χ4n) is 8.41. The van der Waals surface area contributed by atoms with Crippen molar-refractivity contribution in [3.05, 3.63) is 95.6 Å². The zero-order valence-electron chi connectivity index (χ0n) is 30.9. The third-order valence-electron chi connectivity index (χ3n) is 11.4. The number of hydrogen-bond acceptors (Lipinski definition) is 7. The Balaban J connectivity index is 1.29. The standard InChI is InChI=1S/C42H53N5O6/c1-3-9-33-24-43-39(50)40(51)46(33)27-34-12-8-21-44(34)26-35(22-29-13-17-37(48)18-14-29)47-28-36(23-30-15-19-38(49)20-16-30)45(41(52)42(47)53)25-31(4-2)32-10-6-5-7-11-32/h5-7,10-11,13-20,31,33-36,48-49H,3-4,8-9,12,21-28H2,1-2H3,(H,43,50)/t31?,33-,34+,35+,36+/m1/s1. The van der Waals surface area contributed by atoms with Crippen LogP contribution in [-0.2, 0) is 32.0 Å². The fraction of sp³-hybridized carbons (Fsp3) is 0.476.